The second kappa shape index (κ2) is 11.4. The van der Waals surface area contributed by atoms with Gasteiger partial charge in [0.1, 0.15) is 5.76 Å². The van der Waals surface area contributed by atoms with E-state index in [9.17, 15) is 4.79 Å². The van der Waals surface area contributed by atoms with Gasteiger partial charge in [0, 0.05) is 12.6 Å². The van der Waals surface area contributed by atoms with Crippen LogP contribution in [-0.2, 0) is 11.2 Å². The lowest BCUT2D eigenvalue weighted by Crippen LogP contribution is -2.33. The molecule has 1 unspecified atom stereocenters. The fourth-order valence-electron chi connectivity index (χ4n) is 2.78. The van der Waals surface area contributed by atoms with Gasteiger partial charge in [0.15, 0.2) is 0 Å². The molecule has 158 valence electrons. The number of oxazole rings is 1. The van der Waals surface area contributed by atoms with E-state index in [1.165, 1.54) is 5.56 Å². The molecule has 0 radical (unpaired) electrons. The maximum Gasteiger partial charge on any atom is 0.236 e. The number of nitrogens with two attached hydrogens (primary N) is 1. The van der Waals surface area contributed by atoms with Crippen LogP contribution < -0.4 is 11.1 Å². The highest BCUT2D eigenvalue weighted by Crippen LogP contribution is 2.26. The van der Waals surface area contributed by atoms with Crippen LogP contribution in [0, 0.1) is 6.92 Å². The molecule has 2 aromatic heterocycles. The van der Waals surface area contributed by atoms with E-state index in [2.05, 4.69) is 36.3 Å². The van der Waals surface area contributed by atoms with E-state index in [-0.39, 0.29) is 43.2 Å². The lowest BCUT2D eigenvalue weighted by molar-refractivity contribution is -0.120. The Balaban J connectivity index is 0.00000210. The van der Waals surface area contributed by atoms with Crippen molar-refractivity contribution in [1.29, 1.82) is 0 Å². The minimum Gasteiger partial charge on any atom is -0.440 e. The van der Waals surface area contributed by atoms with Crippen molar-refractivity contribution in [3.63, 3.8) is 0 Å². The van der Waals surface area contributed by atoms with Crippen LogP contribution in [-0.4, -0.2) is 17.4 Å². The summed E-state index contributed by atoms with van der Waals surface area (Å²) in [4.78, 5) is 17.7. The van der Waals surface area contributed by atoms with Crippen LogP contribution in [0.4, 0.5) is 0 Å². The fraction of sp³-hybridized carbons (Fsp3) is 0.333. The van der Waals surface area contributed by atoms with E-state index in [0.29, 0.717) is 29.8 Å². The number of nitrogens with zero attached hydrogens (tertiary/aromatic N) is 1. The normalized spacial score (nSPS) is 11.5. The van der Waals surface area contributed by atoms with Gasteiger partial charge in [-0.3, -0.25) is 4.79 Å². The molecule has 3 aromatic rings. The molecule has 5 nitrogen and oxygen atoms in total. The first-order valence-corrected chi connectivity index (χ1v) is 9.94. The molecule has 1 aromatic carbocycles. The van der Waals surface area contributed by atoms with Crippen molar-refractivity contribution in [2.24, 2.45) is 5.73 Å². The summed E-state index contributed by atoms with van der Waals surface area (Å²) >= 11 is 1.56. The topological polar surface area (TPSA) is 81.2 Å². The van der Waals surface area contributed by atoms with E-state index >= 15 is 0 Å². The zero-order valence-corrected chi connectivity index (χ0v) is 19.1. The molecule has 0 aliphatic rings. The summed E-state index contributed by atoms with van der Waals surface area (Å²) in [6.45, 7) is 6.53. The van der Waals surface area contributed by atoms with Crippen LogP contribution in [0.5, 0.6) is 0 Å². The Morgan fingerprint density at radius 1 is 1.17 bits per heavy atom. The van der Waals surface area contributed by atoms with E-state index in [4.69, 9.17) is 10.2 Å². The molecule has 29 heavy (non-hydrogen) atoms. The average molecular weight is 456 g/mol. The van der Waals surface area contributed by atoms with Crippen molar-refractivity contribution in [1.82, 2.24) is 10.3 Å². The zero-order valence-electron chi connectivity index (χ0n) is 16.7. The standard InChI is InChI=1S/C21H25N3O2S.2ClH/c1-13(2)15-6-8-16(9-7-15)17(22)12-23-20(25)11-18-14(3)26-21(24-18)19-5-4-10-27-19;;/h4-10,13,17H,11-12,22H2,1-3H3,(H,23,25);2*1H. The highest BCUT2D eigenvalue weighted by atomic mass is 35.5. The molecular weight excluding hydrogens is 429 g/mol. The second-order valence-electron chi connectivity index (χ2n) is 6.91. The van der Waals surface area contributed by atoms with E-state index in [1.54, 1.807) is 11.3 Å². The number of aromatic nitrogens is 1. The predicted octanol–water partition coefficient (Wildman–Crippen LogP) is 5.04. The van der Waals surface area contributed by atoms with Gasteiger partial charge in [-0.25, -0.2) is 4.98 Å². The van der Waals surface area contributed by atoms with Crippen molar-refractivity contribution in [3.8, 4) is 10.8 Å². The Bertz CT molecular complexity index is 893. The van der Waals surface area contributed by atoms with Gasteiger partial charge in [-0.15, -0.1) is 36.2 Å². The third-order valence-corrected chi connectivity index (χ3v) is 5.36. The van der Waals surface area contributed by atoms with Gasteiger partial charge in [-0.1, -0.05) is 44.2 Å². The summed E-state index contributed by atoms with van der Waals surface area (Å²) in [6, 6.07) is 11.9. The van der Waals surface area contributed by atoms with Gasteiger partial charge in [0.25, 0.3) is 0 Å². The SMILES string of the molecule is Cc1oc(-c2cccs2)nc1CC(=O)NCC(N)c1ccc(C(C)C)cc1.Cl.Cl. The number of thiophene rings is 1. The number of amides is 1. The van der Waals surface area contributed by atoms with Crippen molar-refractivity contribution in [2.45, 2.75) is 39.2 Å². The lowest BCUT2D eigenvalue weighted by atomic mass is 9.99. The molecule has 3 rings (SSSR count). The van der Waals surface area contributed by atoms with Crippen LogP contribution in [0.2, 0.25) is 0 Å². The highest BCUT2D eigenvalue weighted by Gasteiger charge is 2.16. The Kier molecular flexibility index (Phi) is 9.86. The third kappa shape index (κ3) is 6.57. The number of rotatable bonds is 7. The minimum absolute atomic E-state index is 0. The predicted molar refractivity (Wildman–Crippen MR) is 123 cm³/mol. The molecule has 0 fully saturated rings. The van der Waals surface area contributed by atoms with Gasteiger partial charge in [-0.05, 0) is 35.4 Å². The van der Waals surface area contributed by atoms with Crippen LogP contribution in [0.25, 0.3) is 10.8 Å². The Hall–Kier alpha value is -1.86. The van der Waals surface area contributed by atoms with Gasteiger partial charge < -0.3 is 15.5 Å². The quantitative estimate of drug-likeness (QED) is 0.522. The van der Waals surface area contributed by atoms with Crippen LogP contribution in [0.3, 0.4) is 0 Å². The van der Waals surface area contributed by atoms with Crippen LogP contribution in [0.1, 0.15) is 48.4 Å². The van der Waals surface area contributed by atoms with E-state index in [1.807, 2.05) is 36.6 Å². The molecule has 3 N–H and O–H groups in total. The number of carbonyl (C=O) groups is 1. The van der Waals surface area contributed by atoms with Crippen LogP contribution in [0.15, 0.2) is 46.2 Å². The minimum atomic E-state index is -0.241. The van der Waals surface area contributed by atoms with Crippen molar-refractivity contribution in [2.75, 3.05) is 6.54 Å². The molecule has 8 heteroatoms. The second-order valence-corrected chi connectivity index (χ2v) is 7.86. The van der Waals surface area contributed by atoms with Gasteiger partial charge >= 0.3 is 0 Å². The number of hydrogen-bond acceptors (Lipinski definition) is 5. The number of nitrogens with one attached hydrogen (secondary N) is 1. The number of benzene rings is 1. The average Bonchev–Trinajstić information content (AvgIpc) is 3.30. The summed E-state index contributed by atoms with van der Waals surface area (Å²) in [7, 11) is 0. The summed E-state index contributed by atoms with van der Waals surface area (Å²) in [6.07, 6.45) is 0.180. The fourth-order valence-corrected chi connectivity index (χ4v) is 3.43. The summed E-state index contributed by atoms with van der Waals surface area (Å²) in [5, 5.41) is 4.86. The molecule has 0 aliphatic heterocycles. The summed E-state index contributed by atoms with van der Waals surface area (Å²) in [5.74, 6) is 1.60. The Labute approximate surface area is 187 Å². The van der Waals surface area contributed by atoms with Gasteiger partial charge in [0.05, 0.1) is 17.0 Å². The molecule has 0 aliphatic carbocycles. The van der Waals surface area contributed by atoms with Crippen LogP contribution >= 0.6 is 36.2 Å². The summed E-state index contributed by atoms with van der Waals surface area (Å²) in [5.41, 5.74) is 9.16. The van der Waals surface area contributed by atoms with Gasteiger partial charge in [-0.2, -0.15) is 0 Å². The van der Waals surface area contributed by atoms with Gasteiger partial charge in [0.2, 0.25) is 11.8 Å². The third-order valence-electron chi connectivity index (χ3n) is 4.50. The first kappa shape index (κ1) is 25.2. The van der Waals surface area contributed by atoms with Crippen molar-refractivity contribution < 1.29 is 9.21 Å². The first-order valence-electron chi connectivity index (χ1n) is 9.06. The first-order chi connectivity index (χ1) is 12.9. The number of hydrogen-bond donors (Lipinski definition) is 2. The maximum atomic E-state index is 12.3. The Morgan fingerprint density at radius 2 is 1.83 bits per heavy atom. The number of carbonyl (C=O) groups excluding carboxylic acids is 1. The molecule has 0 bridgehead atoms. The molecule has 2 heterocycles. The Morgan fingerprint density at radius 3 is 2.41 bits per heavy atom. The molecule has 0 saturated carbocycles. The number of halogens is 2. The smallest absolute Gasteiger partial charge is 0.236 e. The van der Waals surface area contributed by atoms with E-state index in [0.717, 1.165) is 10.4 Å². The highest BCUT2D eigenvalue weighted by molar-refractivity contribution is 7.13. The molecule has 1 amide bonds. The maximum absolute atomic E-state index is 12.3. The summed E-state index contributed by atoms with van der Waals surface area (Å²) < 4.78 is 5.68. The van der Waals surface area contributed by atoms with E-state index < -0.39 is 0 Å². The lowest BCUT2D eigenvalue weighted by Gasteiger charge is -2.14. The molecular formula is C21H27Cl2N3O2S. The zero-order chi connectivity index (χ0) is 19.4. The van der Waals surface area contributed by atoms with Crippen molar-refractivity contribution >= 4 is 42.1 Å². The molecule has 0 spiro atoms. The largest absolute Gasteiger partial charge is 0.440 e. The van der Waals surface area contributed by atoms with Crippen molar-refractivity contribution in [3.05, 3.63) is 64.4 Å². The monoisotopic (exact) mass is 455 g/mol. The molecule has 1 atom stereocenters. The number of aryl methyl sites for hydroxylation is 1. The molecule has 0 saturated heterocycles.